The number of halogens is 1. The van der Waals surface area contributed by atoms with Gasteiger partial charge in [-0.15, -0.1) is 0 Å². The minimum Gasteiger partial charge on any atom is -0.489 e. The molecule has 1 aliphatic carbocycles. The van der Waals surface area contributed by atoms with Gasteiger partial charge in [0, 0.05) is 42.0 Å². The largest absolute Gasteiger partial charge is 0.489 e. The summed E-state index contributed by atoms with van der Waals surface area (Å²) in [6, 6.07) is 18.1. The van der Waals surface area contributed by atoms with Crippen LogP contribution in [0, 0.1) is 11.7 Å². The molecule has 0 amide bonds. The Balaban J connectivity index is 1.67. The zero-order valence-electron chi connectivity index (χ0n) is 21.0. The van der Waals surface area contributed by atoms with E-state index < -0.39 is 12.0 Å². The summed E-state index contributed by atoms with van der Waals surface area (Å²) in [7, 11) is 2.08. The topological polar surface area (TPSA) is 75.8 Å². The number of para-hydroxylation sites is 1. The van der Waals surface area contributed by atoms with Crippen LogP contribution in [-0.2, 0) is 17.8 Å². The predicted molar refractivity (Wildman–Crippen MR) is 142 cm³/mol. The number of nitrogens with zero attached hydrogens (tertiary/aromatic N) is 1. The van der Waals surface area contributed by atoms with Crippen molar-refractivity contribution in [3.8, 4) is 16.9 Å². The lowest BCUT2D eigenvalue weighted by Gasteiger charge is -2.25. The number of anilines is 1. The van der Waals surface area contributed by atoms with E-state index in [0.29, 0.717) is 28.4 Å². The monoisotopic (exact) mass is 490 g/mol. The third-order valence-electron chi connectivity index (χ3n) is 6.96. The van der Waals surface area contributed by atoms with Crippen LogP contribution in [0.2, 0.25) is 0 Å². The van der Waals surface area contributed by atoms with E-state index in [-0.39, 0.29) is 18.8 Å². The molecular weight excluding hydrogens is 455 g/mol. The number of ether oxygens (including phenoxy) is 1. The molecule has 0 aromatic heterocycles. The average Bonchev–Trinajstić information content (AvgIpc) is 3.36. The molecule has 0 aliphatic heterocycles. The van der Waals surface area contributed by atoms with Crippen LogP contribution >= 0.6 is 0 Å². The summed E-state index contributed by atoms with van der Waals surface area (Å²) in [5.41, 5.74) is 10.3. The summed E-state index contributed by atoms with van der Waals surface area (Å²) < 4.78 is 21.5. The van der Waals surface area contributed by atoms with Gasteiger partial charge in [0.15, 0.2) is 0 Å². The lowest BCUT2D eigenvalue weighted by atomic mass is 9.97. The molecule has 1 fully saturated rings. The summed E-state index contributed by atoms with van der Waals surface area (Å²) in [6.07, 6.45) is 4.93. The van der Waals surface area contributed by atoms with Crippen molar-refractivity contribution in [2.24, 2.45) is 11.7 Å². The SMILES string of the molecule is CC(N)c1cccc(-c2cc(COc3ccccc3CC(=O)O)cc(N(C)CC3CCCC3)c2)c1F. The predicted octanol–water partition coefficient (Wildman–Crippen LogP) is 6.34. The first-order valence-corrected chi connectivity index (χ1v) is 12.6. The summed E-state index contributed by atoms with van der Waals surface area (Å²) in [5, 5.41) is 9.24. The van der Waals surface area contributed by atoms with E-state index in [2.05, 4.69) is 18.0 Å². The number of carboxylic acid groups (broad SMARTS) is 1. The molecule has 3 N–H and O–H groups in total. The minimum absolute atomic E-state index is 0.110. The maximum atomic E-state index is 15.4. The highest BCUT2D eigenvalue weighted by Gasteiger charge is 2.19. The summed E-state index contributed by atoms with van der Waals surface area (Å²) in [5.74, 6) is -0.00849. The minimum atomic E-state index is -0.909. The molecular formula is C30H35FN2O3. The van der Waals surface area contributed by atoms with Crippen LogP contribution in [0.1, 0.15) is 55.3 Å². The highest BCUT2D eigenvalue weighted by atomic mass is 19.1. The van der Waals surface area contributed by atoms with Crippen LogP contribution in [0.15, 0.2) is 60.7 Å². The second-order valence-electron chi connectivity index (χ2n) is 9.88. The van der Waals surface area contributed by atoms with Gasteiger partial charge in [-0.2, -0.15) is 0 Å². The zero-order valence-corrected chi connectivity index (χ0v) is 21.0. The Labute approximate surface area is 212 Å². The summed E-state index contributed by atoms with van der Waals surface area (Å²) >= 11 is 0. The number of carboxylic acids is 1. The number of carbonyl (C=O) groups is 1. The summed E-state index contributed by atoms with van der Waals surface area (Å²) in [6.45, 7) is 2.97. The van der Waals surface area contributed by atoms with E-state index in [4.69, 9.17) is 10.5 Å². The van der Waals surface area contributed by atoms with Crippen LogP contribution in [0.4, 0.5) is 10.1 Å². The Hall–Kier alpha value is -3.38. The first-order valence-electron chi connectivity index (χ1n) is 12.6. The van der Waals surface area contributed by atoms with Crippen LogP contribution < -0.4 is 15.4 Å². The van der Waals surface area contributed by atoms with E-state index in [1.807, 2.05) is 24.3 Å². The maximum Gasteiger partial charge on any atom is 0.307 e. The van der Waals surface area contributed by atoms with Gasteiger partial charge in [0.2, 0.25) is 0 Å². The molecule has 0 saturated heterocycles. The van der Waals surface area contributed by atoms with Gasteiger partial charge in [-0.05, 0) is 61.1 Å². The van der Waals surface area contributed by atoms with Gasteiger partial charge in [0.05, 0.1) is 6.42 Å². The van der Waals surface area contributed by atoms with Gasteiger partial charge in [0.1, 0.15) is 18.2 Å². The molecule has 3 aromatic carbocycles. The highest BCUT2D eigenvalue weighted by Crippen LogP contribution is 2.33. The standard InChI is InChI=1S/C30H35FN2O3/c1-20(32)26-11-7-12-27(30(26)31)24-14-22(15-25(16-24)33(2)18-21-8-3-4-9-21)19-36-28-13-6-5-10-23(28)17-29(34)35/h5-7,10-16,20-21H,3-4,8-9,17-19,32H2,1-2H3,(H,34,35). The van der Waals surface area contributed by atoms with E-state index >= 15 is 4.39 Å². The summed E-state index contributed by atoms with van der Waals surface area (Å²) in [4.78, 5) is 13.5. The molecule has 1 atom stereocenters. The number of rotatable bonds is 10. The molecule has 1 aliphatic rings. The molecule has 4 rings (SSSR count). The lowest BCUT2D eigenvalue weighted by Crippen LogP contribution is -2.24. The van der Waals surface area contributed by atoms with Crippen molar-refractivity contribution in [1.29, 1.82) is 0 Å². The molecule has 0 spiro atoms. The van der Waals surface area contributed by atoms with Crippen molar-refractivity contribution in [2.45, 2.75) is 51.7 Å². The smallest absolute Gasteiger partial charge is 0.307 e. The Morgan fingerprint density at radius 2 is 1.89 bits per heavy atom. The van der Waals surface area contributed by atoms with Crippen molar-refractivity contribution in [3.05, 3.63) is 83.2 Å². The second-order valence-corrected chi connectivity index (χ2v) is 9.88. The Bertz CT molecular complexity index is 1200. The van der Waals surface area contributed by atoms with Crippen molar-refractivity contribution in [3.63, 3.8) is 0 Å². The molecule has 0 radical (unpaired) electrons. The van der Waals surface area contributed by atoms with Crippen molar-refractivity contribution < 1.29 is 19.0 Å². The maximum absolute atomic E-state index is 15.4. The zero-order chi connectivity index (χ0) is 25.7. The van der Waals surface area contributed by atoms with Gasteiger partial charge in [-0.25, -0.2) is 4.39 Å². The number of hydrogen-bond donors (Lipinski definition) is 2. The number of benzene rings is 3. The number of hydrogen-bond acceptors (Lipinski definition) is 4. The third-order valence-corrected chi connectivity index (χ3v) is 6.96. The Kier molecular flexibility index (Phi) is 8.26. The molecule has 36 heavy (non-hydrogen) atoms. The number of aliphatic carboxylic acids is 1. The molecule has 0 bridgehead atoms. The van der Waals surface area contributed by atoms with Crippen LogP contribution in [-0.4, -0.2) is 24.7 Å². The molecule has 5 nitrogen and oxygen atoms in total. The average molecular weight is 491 g/mol. The molecule has 190 valence electrons. The van der Waals surface area contributed by atoms with Gasteiger partial charge >= 0.3 is 5.97 Å². The van der Waals surface area contributed by atoms with Gasteiger partial charge in [-0.1, -0.05) is 49.2 Å². The quantitative estimate of drug-likeness (QED) is 0.347. The fourth-order valence-electron chi connectivity index (χ4n) is 5.06. The normalized spacial score (nSPS) is 14.6. The molecule has 1 unspecified atom stereocenters. The molecule has 6 heteroatoms. The second kappa shape index (κ2) is 11.6. The molecule has 0 heterocycles. The Morgan fingerprint density at radius 3 is 2.61 bits per heavy atom. The number of nitrogens with two attached hydrogens (primary N) is 1. The van der Waals surface area contributed by atoms with Crippen molar-refractivity contribution in [2.75, 3.05) is 18.5 Å². The van der Waals surface area contributed by atoms with Gasteiger partial charge in [0.25, 0.3) is 0 Å². The third kappa shape index (κ3) is 6.24. The van der Waals surface area contributed by atoms with Crippen molar-refractivity contribution >= 4 is 11.7 Å². The van der Waals surface area contributed by atoms with Crippen LogP contribution in [0.5, 0.6) is 5.75 Å². The van der Waals surface area contributed by atoms with Crippen LogP contribution in [0.25, 0.3) is 11.1 Å². The van der Waals surface area contributed by atoms with Crippen molar-refractivity contribution in [1.82, 2.24) is 0 Å². The van der Waals surface area contributed by atoms with E-state index in [1.54, 1.807) is 37.3 Å². The lowest BCUT2D eigenvalue weighted by molar-refractivity contribution is -0.136. The Morgan fingerprint density at radius 1 is 1.14 bits per heavy atom. The van der Waals surface area contributed by atoms with E-state index in [0.717, 1.165) is 23.4 Å². The van der Waals surface area contributed by atoms with E-state index in [1.165, 1.54) is 25.7 Å². The molecule has 3 aromatic rings. The van der Waals surface area contributed by atoms with Crippen LogP contribution in [0.3, 0.4) is 0 Å². The fourth-order valence-corrected chi connectivity index (χ4v) is 5.06. The van der Waals surface area contributed by atoms with Gasteiger partial charge < -0.3 is 20.5 Å². The first kappa shape index (κ1) is 25.7. The highest BCUT2D eigenvalue weighted by molar-refractivity contribution is 5.72. The van der Waals surface area contributed by atoms with Gasteiger partial charge in [-0.3, -0.25) is 4.79 Å². The molecule has 1 saturated carbocycles. The first-order chi connectivity index (χ1) is 17.3. The fraction of sp³-hybridized carbons (Fsp3) is 0.367. The van der Waals surface area contributed by atoms with E-state index in [9.17, 15) is 9.90 Å².